The van der Waals surface area contributed by atoms with E-state index in [9.17, 15) is 14.4 Å². The number of nitrogens with one attached hydrogen (secondary N) is 1. The second-order valence-electron chi connectivity index (χ2n) is 4.45. The van der Waals surface area contributed by atoms with Gasteiger partial charge in [-0.1, -0.05) is 0 Å². The quantitative estimate of drug-likeness (QED) is 0.489. The van der Waals surface area contributed by atoms with Crippen LogP contribution in [-0.2, 0) is 14.4 Å². The van der Waals surface area contributed by atoms with Crippen molar-refractivity contribution < 1.29 is 24.6 Å². The number of carboxylic acid groups (broad SMARTS) is 2. The molecule has 1 atom stereocenters. The molecule has 7 heteroatoms. The number of rotatable bonds is 6. The van der Waals surface area contributed by atoms with Crippen molar-refractivity contribution in [3.63, 3.8) is 0 Å². The minimum atomic E-state index is -1.40. The van der Waals surface area contributed by atoms with E-state index in [1.807, 2.05) is 0 Å². The first kappa shape index (κ1) is 13.4. The average molecular weight is 244 g/mol. The lowest BCUT2D eigenvalue weighted by atomic mass is 9.75. The SMILES string of the molecule is NC1(CC(=O)NC(CC(=O)O)C(=O)O)CCC1. The zero-order chi connectivity index (χ0) is 13.1. The zero-order valence-corrected chi connectivity index (χ0v) is 9.31. The first-order chi connectivity index (χ1) is 7.82. The predicted octanol–water partition coefficient (Wildman–Crippen LogP) is -0.698. The summed E-state index contributed by atoms with van der Waals surface area (Å²) in [5.74, 6) is -3.15. The van der Waals surface area contributed by atoms with Crippen molar-refractivity contribution in [1.29, 1.82) is 0 Å². The number of carbonyl (C=O) groups excluding carboxylic acids is 1. The van der Waals surface area contributed by atoms with Gasteiger partial charge in [-0.25, -0.2) is 4.79 Å². The summed E-state index contributed by atoms with van der Waals surface area (Å²) in [5, 5.41) is 19.4. The molecule has 0 aromatic carbocycles. The summed E-state index contributed by atoms with van der Waals surface area (Å²) in [7, 11) is 0. The van der Waals surface area contributed by atoms with E-state index >= 15 is 0 Å². The minimum absolute atomic E-state index is 0.0381. The molecule has 0 aliphatic heterocycles. The number of carboxylic acids is 2. The van der Waals surface area contributed by atoms with Crippen LogP contribution in [0.15, 0.2) is 0 Å². The van der Waals surface area contributed by atoms with E-state index in [1.54, 1.807) is 0 Å². The van der Waals surface area contributed by atoms with Crippen LogP contribution in [0.3, 0.4) is 0 Å². The molecule has 0 aromatic rings. The Hall–Kier alpha value is -1.63. The van der Waals surface area contributed by atoms with Gasteiger partial charge in [-0.2, -0.15) is 0 Å². The van der Waals surface area contributed by atoms with Crippen LogP contribution in [0.25, 0.3) is 0 Å². The molecule has 0 heterocycles. The average Bonchev–Trinajstić information content (AvgIpc) is 2.13. The largest absolute Gasteiger partial charge is 0.481 e. The molecule has 0 radical (unpaired) electrons. The van der Waals surface area contributed by atoms with Crippen LogP contribution in [-0.4, -0.2) is 39.6 Å². The third kappa shape index (κ3) is 4.03. The summed E-state index contributed by atoms with van der Waals surface area (Å²) in [6.07, 6.45) is 1.82. The summed E-state index contributed by atoms with van der Waals surface area (Å²) in [4.78, 5) is 32.6. The maximum absolute atomic E-state index is 11.5. The molecule has 0 bridgehead atoms. The molecule has 1 saturated carbocycles. The summed E-state index contributed by atoms with van der Waals surface area (Å²) in [5.41, 5.74) is 5.29. The molecule has 0 spiro atoms. The van der Waals surface area contributed by atoms with Gasteiger partial charge in [-0.3, -0.25) is 9.59 Å². The van der Waals surface area contributed by atoms with Gasteiger partial charge in [0, 0.05) is 12.0 Å². The van der Waals surface area contributed by atoms with Gasteiger partial charge in [-0.15, -0.1) is 0 Å². The van der Waals surface area contributed by atoms with E-state index in [2.05, 4.69) is 5.32 Å². The second-order valence-corrected chi connectivity index (χ2v) is 4.45. The maximum Gasteiger partial charge on any atom is 0.326 e. The van der Waals surface area contributed by atoms with Gasteiger partial charge < -0.3 is 21.3 Å². The molecule has 0 saturated heterocycles. The van der Waals surface area contributed by atoms with E-state index in [4.69, 9.17) is 15.9 Å². The Morgan fingerprint density at radius 1 is 1.29 bits per heavy atom. The van der Waals surface area contributed by atoms with Gasteiger partial charge in [0.2, 0.25) is 5.91 Å². The van der Waals surface area contributed by atoms with E-state index < -0.39 is 35.8 Å². The molecule has 1 unspecified atom stereocenters. The van der Waals surface area contributed by atoms with Crippen LogP contribution in [0.1, 0.15) is 32.1 Å². The highest BCUT2D eigenvalue weighted by atomic mass is 16.4. The van der Waals surface area contributed by atoms with E-state index in [-0.39, 0.29) is 6.42 Å². The van der Waals surface area contributed by atoms with Gasteiger partial charge in [0.1, 0.15) is 6.04 Å². The van der Waals surface area contributed by atoms with Crippen LogP contribution in [0.5, 0.6) is 0 Å². The summed E-state index contributed by atoms with van der Waals surface area (Å²) in [6, 6.07) is -1.40. The van der Waals surface area contributed by atoms with Gasteiger partial charge in [-0.05, 0) is 19.3 Å². The Bertz CT molecular complexity index is 338. The third-order valence-corrected chi connectivity index (χ3v) is 2.87. The monoisotopic (exact) mass is 244 g/mol. The van der Waals surface area contributed by atoms with E-state index in [0.29, 0.717) is 0 Å². The van der Waals surface area contributed by atoms with Gasteiger partial charge in [0.15, 0.2) is 0 Å². The zero-order valence-electron chi connectivity index (χ0n) is 9.31. The number of amides is 1. The Morgan fingerprint density at radius 2 is 1.88 bits per heavy atom. The number of carbonyl (C=O) groups is 3. The molecule has 17 heavy (non-hydrogen) atoms. The Morgan fingerprint density at radius 3 is 2.24 bits per heavy atom. The van der Waals surface area contributed by atoms with E-state index in [0.717, 1.165) is 19.3 Å². The number of hydrogen-bond acceptors (Lipinski definition) is 4. The van der Waals surface area contributed by atoms with Crippen molar-refractivity contribution in [3.05, 3.63) is 0 Å². The van der Waals surface area contributed by atoms with Gasteiger partial charge in [0.25, 0.3) is 0 Å². The molecule has 1 amide bonds. The lowest BCUT2D eigenvalue weighted by molar-refractivity contribution is -0.147. The van der Waals surface area contributed by atoms with Crippen LogP contribution in [0.2, 0.25) is 0 Å². The van der Waals surface area contributed by atoms with Crippen molar-refractivity contribution in [1.82, 2.24) is 5.32 Å². The summed E-state index contributed by atoms with van der Waals surface area (Å²) >= 11 is 0. The second kappa shape index (κ2) is 5.13. The predicted molar refractivity (Wildman–Crippen MR) is 57.2 cm³/mol. The normalized spacial score (nSPS) is 18.9. The molecule has 1 fully saturated rings. The molecular formula is C10H16N2O5. The van der Waals surface area contributed by atoms with Crippen LogP contribution in [0, 0.1) is 0 Å². The summed E-state index contributed by atoms with van der Waals surface area (Å²) < 4.78 is 0. The van der Waals surface area contributed by atoms with Crippen LogP contribution >= 0.6 is 0 Å². The molecule has 0 aromatic heterocycles. The van der Waals surface area contributed by atoms with Crippen LogP contribution < -0.4 is 11.1 Å². The molecular weight excluding hydrogens is 228 g/mol. The van der Waals surface area contributed by atoms with Crippen molar-refractivity contribution in [2.75, 3.05) is 0 Å². The van der Waals surface area contributed by atoms with Crippen molar-refractivity contribution in [2.45, 2.75) is 43.7 Å². The lowest BCUT2D eigenvalue weighted by Crippen LogP contribution is -2.52. The van der Waals surface area contributed by atoms with Gasteiger partial charge >= 0.3 is 11.9 Å². The summed E-state index contributed by atoms with van der Waals surface area (Å²) in [6.45, 7) is 0. The highest BCUT2D eigenvalue weighted by molar-refractivity contribution is 5.87. The Kier molecular flexibility index (Phi) is 4.06. The fourth-order valence-electron chi connectivity index (χ4n) is 1.75. The first-order valence-electron chi connectivity index (χ1n) is 5.35. The molecule has 96 valence electrons. The molecule has 7 nitrogen and oxygen atoms in total. The molecule has 1 rings (SSSR count). The Labute approximate surface area is 98.0 Å². The molecule has 1 aliphatic carbocycles. The maximum atomic E-state index is 11.5. The molecule has 1 aliphatic rings. The van der Waals surface area contributed by atoms with Crippen LogP contribution in [0.4, 0.5) is 0 Å². The number of nitrogens with two attached hydrogens (primary N) is 1. The fourth-order valence-corrected chi connectivity index (χ4v) is 1.75. The first-order valence-corrected chi connectivity index (χ1v) is 5.35. The lowest BCUT2D eigenvalue weighted by Gasteiger charge is -2.37. The minimum Gasteiger partial charge on any atom is -0.481 e. The topological polar surface area (TPSA) is 130 Å². The highest BCUT2D eigenvalue weighted by Crippen LogP contribution is 2.31. The van der Waals surface area contributed by atoms with E-state index in [1.165, 1.54) is 0 Å². The van der Waals surface area contributed by atoms with Crippen molar-refractivity contribution >= 4 is 17.8 Å². The molecule has 5 N–H and O–H groups in total. The smallest absolute Gasteiger partial charge is 0.326 e. The van der Waals surface area contributed by atoms with Gasteiger partial charge in [0.05, 0.1) is 6.42 Å². The standard InChI is InChI=1S/C10H16N2O5/c11-10(2-1-3-10)5-7(13)12-6(9(16)17)4-8(14)15/h6H,1-5,11H2,(H,12,13)(H,14,15)(H,16,17). The third-order valence-electron chi connectivity index (χ3n) is 2.87. The Balaban J connectivity index is 2.46. The highest BCUT2D eigenvalue weighted by Gasteiger charge is 2.35. The number of aliphatic carboxylic acids is 2. The number of hydrogen-bond donors (Lipinski definition) is 4. The van der Waals surface area contributed by atoms with Crippen molar-refractivity contribution in [3.8, 4) is 0 Å². The fraction of sp³-hybridized carbons (Fsp3) is 0.700. The van der Waals surface area contributed by atoms with Crippen molar-refractivity contribution in [2.24, 2.45) is 5.73 Å².